The first-order valence-corrected chi connectivity index (χ1v) is 7.24. The van der Waals surface area contributed by atoms with Gasteiger partial charge in [0, 0.05) is 13.7 Å². The SMILES string of the molecule is COCCN1C(=O)C(c2ccccc2)NC1CC(C)C. The molecule has 2 unspecified atom stereocenters. The van der Waals surface area contributed by atoms with Gasteiger partial charge in [0.15, 0.2) is 0 Å². The van der Waals surface area contributed by atoms with Crippen LogP contribution in [0.1, 0.15) is 31.9 Å². The van der Waals surface area contributed by atoms with E-state index in [0.29, 0.717) is 19.1 Å². The third-order valence-electron chi connectivity index (χ3n) is 3.63. The number of ether oxygens (including phenoxy) is 1. The average Bonchev–Trinajstić information content (AvgIpc) is 2.73. The summed E-state index contributed by atoms with van der Waals surface area (Å²) in [6.45, 7) is 5.57. The van der Waals surface area contributed by atoms with Gasteiger partial charge in [-0.05, 0) is 17.9 Å². The number of carbonyl (C=O) groups is 1. The highest BCUT2D eigenvalue weighted by molar-refractivity contribution is 5.85. The molecule has 1 N–H and O–H groups in total. The Hall–Kier alpha value is -1.39. The summed E-state index contributed by atoms with van der Waals surface area (Å²) in [5.74, 6) is 0.693. The second-order valence-corrected chi connectivity index (χ2v) is 5.68. The van der Waals surface area contributed by atoms with Crippen molar-refractivity contribution in [2.45, 2.75) is 32.5 Å². The fourth-order valence-corrected chi connectivity index (χ4v) is 2.65. The molecular weight excluding hydrogens is 252 g/mol. The lowest BCUT2D eigenvalue weighted by molar-refractivity contribution is -0.130. The van der Waals surface area contributed by atoms with Gasteiger partial charge < -0.3 is 9.64 Å². The first-order valence-electron chi connectivity index (χ1n) is 7.24. The van der Waals surface area contributed by atoms with Crippen molar-refractivity contribution in [3.05, 3.63) is 35.9 Å². The lowest BCUT2D eigenvalue weighted by atomic mass is 10.1. The normalized spacial score (nSPS) is 22.8. The number of benzene rings is 1. The summed E-state index contributed by atoms with van der Waals surface area (Å²) >= 11 is 0. The highest BCUT2D eigenvalue weighted by Gasteiger charge is 2.39. The van der Waals surface area contributed by atoms with Gasteiger partial charge in [-0.3, -0.25) is 10.1 Å². The van der Waals surface area contributed by atoms with E-state index in [1.165, 1.54) is 0 Å². The van der Waals surface area contributed by atoms with Crippen LogP contribution < -0.4 is 5.32 Å². The van der Waals surface area contributed by atoms with Crippen molar-refractivity contribution >= 4 is 5.91 Å². The van der Waals surface area contributed by atoms with Crippen LogP contribution in [0.4, 0.5) is 0 Å². The van der Waals surface area contributed by atoms with E-state index in [9.17, 15) is 4.79 Å². The van der Waals surface area contributed by atoms with Gasteiger partial charge in [0.25, 0.3) is 0 Å². The van der Waals surface area contributed by atoms with Crippen molar-refractivity contribution in [3.8, 4) is 0 Å². The maximum Gasteiger partial charge on any atom is 0.245 e. The van der Waals surface area contributed by atoms with Gasteiger partial charge in [0.05, 0.1) is 12.8 Å². The predicted octanol–water partition coefficient (Wildman–Crippen LogP) is 2.18. The van der Waals surface area contributed by atoms with Crippen molar-refractivity contribution in [3.63, 3.8) is 0 Å². The Morgan fingerprint density at radius 2 is 2.00 bits per heavy atom. The van der Waals surface area contributed by atoms with Crippen LogP contribution in [0, 0.1) is 5.92 Å². The van der Waals surface area contributed by atoms with Gasteiger partial charge in [-0.15, -0.1) is 0 Å². The van der Waals surface area contributed by atoms with E-state index in [0.717, 1.165) is 12.0 Å². The van der Waals surface area contributed by atoms with Crippen molar-refractivity contribution in [1.29, 1.82) is 0 Å². The lowest BCUT2D eigenvalue weighted by Crippen LogP contribution is -2.40. The van der Waals surface area contributed by atoms with Crippen molar-refractivity contribution in [1.82, 2.24) is 10.2 Å². The van der Waals surface area contributed by atoms with Crippen LogP contribution in [0.3, 0.4) is 0 Å². The molecule has 0 saturated carbocycles. The van der Waals surface area contributed by atoms with Crippen LogP contribution in [-0.4, -0.2) is 37.2 Å². The molecule has 1 saturated heterocycles. The Labute approximate surface area is 121 Å². The summed E-state index contributed by atoms with van der Waals surface area (Å²) in [4.78, 5) is 14.5. The Bertz CT molecular complexity index is 433. The standard InChI is InChI=1S/C16H24N2O2/c1-12(2)11-14-17-15(13-7-5-4-6-8-13)16(19)18(14)9-10-20-3/h4-8,12,14-15,17H,9-11H2,1-3H3. The summed E-state index contributed by atoms with van der Waals surface area (Å²) in [6.07, 6.45) is 1.06. The zero-order chi connectivity index (χ0) is 14.5. The molecule has 0 aliphatic carbocycles. The van der Waals surface area contributed by atoms with E-state index in [4.69, 9.17) is 4.74 Å². The molecule has 0 bridgehead atoms. The smallest absolute Gasteiger partial charge is 0.245 e. The second-order valence-electron chi connectivity index (χ2n) is 5.68. The number of nitrogens with zero attached hydrogens (tertiary/aromatic N) is 1. The van der Waals surface area contributed by atoms with Crippen LogP contribution in [0.15, 0.2) is 30.3 Å². The molecule has 2 rings (SSSR count). The fraction of sp³-hybridized carbons (Fsp3) is 0.562. The monoisotopic (exact) mass is 276 g/mol. The Balaban J connectivity index is 2.15. The summed E-state index contributed by atoms with van der Waals surface area (Å²) in [5.41, 5.74) is 1.03. The molecule has 110 valence electrons. The number of hydrogen-bond donors (Lipinski definition) is 1. The van der Waals surface area contributed by atoms with E-state index < -0.39 is 0 Å². The molecule has 0 aromatic heterocycles. The third-order valence-corrected chi connectivity index (χ3v) is 3.63. The van der Waals surface area contributed by atoms with Crippen LogP contribution in [0.5, 0.6) is 0 Å². The van der Waals surface area contributed by atoms with Crippen molar-refractivity contribution in [2.75, 3.05) is 20.3 Å². The molecule has 4 nitrogen and oxygen atoms in total. The molecule has 20 heavy (non-hydrogen) atoms. The number of rotatable bonds is 6. The number of nitrogens with one attached hydrogen (secondary N) is 1. The molecule has 0 radical (unpaired) electrons. The van der Waals surface area contributed by atoms with Crippen LogP contribution in [-0.2, 0) is 9.53 Å². The minimum Gasteiger partial charge on any atom is -0.383 e. The number of amides is 1. The predicted molar refractivity (Wildman–Crippen MR) is 79.2 cm³/mol. The van der Waals surface area contributed by atoms with E-state index in [1.807, 2.05) is 35.2 Å². The minimum absolute atomic E-state index is 0.0999. The largest absolute Gasteiger partial charge is 0.383 e. The van der Waals surface area contributed by atoms with Crippen LogP contribution in [0.2, 0.25) is 0 Å². The second kappa shape index (κ2) is 6.86. The molecule has 1 amide bonds. The first kappa shape index (κ1) is 15.0. The average molecular weight is 276 g/mol. The third kappa shape index (κ3) is 3.38. The Morgan fingerprint density at radius 1 is 1.30 bits per heavy atom. The maximum atomic E-state index is 12.6. The van der Waals surface area contributed by atoms with E-state index in [2.05, 4.69) is 19.2 Å². The van der Waals surface area contributed by atoms with Crippen LogP contribution >= 0.6 is 0 Å². The number of carbonyl (C=O) groups excluding carboxylic acids is 1. The van der Waals surface area contributed by atoms with Gasteiger partial charge in [-0.25, -0.2) is 0 Å². The van der Waals surface area contributed by atoms with Gasteiger partial charge in [0.1, 0.15) is 6.04 Å². The highest BCUT2D eigenvalue weighted by atomic mass is 16.5. The van der Waals surface area contributed by atoms with Crippen LogP contribution in [0.25, 0.3) is 0 Å². The molecule has 1 aromatic carbocycles. The first-order chi connectivity index (χ1) is 9.63. The Morgan fingerprint density at radius 3 is 2.60 bits per heavy atom. The summed E-state index contributed by atoms with van der Waals surface area (Å²) in [6, 6.07) is 9.69. The zero-order valence-electron chi connectivity index (χ0n) is 12.5. The van der Waals surface area contributed by atoms with Crippen molar-refractivity contribution < 1.29 is 9.53 Å². The molecular formula is C16H24N2O2. The van der Waals surface area contributed by atoms with E-state index in [1.54, 1.807) is 7.11 Å². The number of methoxy groups -OCH3 is 1. The summed E-state index contributed by atoms with van der Waals surface area (Å²) < 4.78 is 5.12. The number of hydrogen-bond acceptors (Lipinski definition) is 3. The van der Waals surface area contributed by atoms with Crippen molar-refractivity contribution in [2.24, 2.45) is 5.92 Å². The highest BCUT2D eigenvalue weighted by Crippen LogP contribution is 2.26. The lowest BCUT2D eigenvalue weighted by Gasteiger charge is -2.25. The van der Waals surface area contributed by atoms with Gasteiger partial charge in [-0.1, -0.05) is 44.2 Å². The van der Waals surface area contributed by atoms with E-state index >= 15 is 0 Å². The van der Waals surface area contributed by atoms with Gasteiger partial charge >= 0.3 is 0 Å². The summed E-state index contributed by atoms with van der Waals surface area (Å²) in [5, 5.41) is 3.47. The Kier molecular flexibility index (Phi) is 5.15. The quantitative estimate of drug-likeness (QED) is 0.866. The minimum atomic E-state index is -0.225. The molecule has 1 aliphatic rings. The molecule has 1 aromatic rings. The zero-order valence-corrected chi connectivity index (χ0v) is 12.5. The molecule has 1 heterocycles. The molecule has 1 aliphatic heterocycles. The maximum absolute atomic E-state index is 12.6. The van der Waals surface area contributed by atoms with Gasteiger partial charge in [0.2, 0.25) is 5.91 Å². The van der Waals surface area contributed by atoms with Gasteiger partial charge in [-0.2, -0.15) is 0 Å². The fourth-order valence-electron chi connectivity index (χ4n) is 2.65. The molecule has 2 atom stereocenters. The molecule has 1 fully saturated rings. The molecule has 4 heteroatoms. The summed E-state index contributed by atoms with van der Waals surface area (Å²) in [7, 11) is 1.67. The molecule has 0 spiro atoms. The van der Waals surface area contributed by atoms with E-state index in [-0.39, 0.29) is 18.1 Å². The topological polar surface area (TPSA) is 41.6 Å².